The third-order valence-electron chi connectivity index (χ3n) is 2.71. The Labute approximate surface area is 103 Å². The normalized spacial score (nSPS) is 18.7. The maximum atomic E-state index is 6.20. The number of aromatic nitrogens is 2. The molecule has 1 aliphatic heterocycles. The highest BCUT2D eigenvalue weighted by molar-refractivity contribution is 14.1. The first kappa shape index (κ1) is 11.1. The Bertz CT molecular complexity index is 349. The van der Waals surface area contributed by atoms with Gasteiger partial charge in [-0.2, -0.15) is 0 Å². The maximum Gasteiger partial charge on any atom is 0.145 e. The number of rotatable bonds is 3. The van der Waals surface area contributed by atoms with Gasteiger partial charge in [0.15, 0.2) is 0 Å². The van der Waals surface area contributed by atoms with E-state index in [0.29, 0.717) is 0 Å². The molecule has 2 N–H and O–H groups in total. The van der Waals surface area contributed by atoms with Crippen molar-refractivity contribution in [2.24, 2.45) is 5.73 Å². The first-order chi connectivity index (χ1) is 7.14. The Balaban J connectivity index is 2.03. The number of nitrogens with zero attached hydrogens (tertiary/aromatic N) is 3. The summed E-state index contributed by atoms with van der Waals surface area (Å²) in [5, 5.41) is 0. The van der Waals surface area contributed by atoms with Gasteiger partial charge in [-0.3, -0.25) is 0 Å². The summed E-state index contributed by atoms with van der Waals surface area (Å²) in [6.45, 7) is 3.99. The van der Waals surface area contributed by atoms with Crippen molar-refractivity contribution in [2.75, 3.05) is 18.0 Å². The van der Waals surface area contributed by atoms with Crippen LogP contribution in [0.25, 0.3) is 0 Å². The van der Waals surface area contributed by atoms with E-state index in [1.807, 2.05) is 6.20 Å². The number of halogens is 1. The Morgan fingerprint density at radius 3 is 2.93 bits per heavy atom. The van der Waals surface area contributed by atoms with Gasteiger partial charge in [0.25, 0.3) is 0 Å². The largest absolute Gasteiger partial charge is 0.352 e. The lowest BCUT2D eigenvalue weighted by Crippen LogP contribution is -2.67. The average Bonchev–Trinajstić information content (AvgIpc) is 2.15. The van der Waals surface area contributed by atoms with E-state index in [9.17, 15) is 0 Å². The van der Waals surface area contributed by atoms with E-state index in [0.717, 1.165) is 35.3 Å². The van der Waals surface area contributed by atoms with E-state index in [4.69, 9.17) is 5.73 Å². The minimum Gasteiger partial charge on any atom is -0.352 e. The molecule has 0 unspecified atom stereocenters. The minimum absolute atomic E-state index is 0.00276. The zero-order chi connectivity index (χ0) is 10.9. The van der Waals surface area contributed by atoms with Crippen LogP contribution in [0.15, 0.2) is 12.5 Å². The van der Waals surface area contributed by atoms with Crippen LogP contribution in [-0.2, 0) is 0 Å². The molecular formula is C10H15IN4. The maximum absolute atomic E-state index is 6.20. The summed E-state index contributed by atoms with van der Waals surface area (Å²) >= 11 is 2.26. The summed E-state index contributed by atoms with van der Waals surface area (Å²) in [6, 6.07) is 0. The number of hydrogen-bond acceptors (Lipinski definition) is 4. The SMILES string of the molecule is CCCC1(N)CN(c2ncncc2I)C1. The van der Waals surface area contributed by atoms with E-state index in [1.54, 1.807) is 6.33 Å². The van der Waals surface area contributed by atoms with Crippen LogP contribution in [0.5, 0.6) is 0 Å². The number of nitrogens with two attached hydrogens (primary N) is 1. The van der Waals surface area contributed by atoms with Crippen molar-refractivity contribution in [2.45, 2.75) is 25.3 Å². The first-order valence-corrected chi connectivity index (χ1v) is 6.22. The Morgan fingerprint density at radius 1 is 1.60 bits per heavy atom. The molecule has 1 aromatic rings. The highest BCUT2D eigenvalue weighted by atomic mass is 127. The van der Waals surface area contributed by atoms with Gasteiger partial charge in [-0.05, 0) is 29.0 Å². The molecule has 5 heteroatoms. The van der Waals surface area contributed by atoms with Crippen molar-refractivity contribution in [3.63, 3.8) is 0 Å². The summed E-state index contributed by atoms with van der Waals surface area (Å²) in [5.74, 6) is 1.02. The third-order valence-corrected chi connectivity index (χ3v) is 3.47. The lowest BCUT2D eigenvalue weighted by atomic mass is 9.86. The van der Waals surface area contributed by atoms with E-state index in [1.165, 1.54) is 0 Å². The predicted molar refractivity (Wildman–Crippen MR) is 68.8 cm³/mol. The van der Waals surface area contributed by atoms with Crippen molar-refractivity contribution in [1.82, 2.24) is 9.97 Å². The van der Waals surface area contributed by atoms with Crippen molar-refractivity contribution in [3.8, 4) is 0 Å². The molecular weight excluding hydrogens is 303 g/mol. The lowest BCUT2D eigenvalue weighted by Gasteiger charge is -2.48. The summed E-state index contributed by atoms with van der Waals surface area (Å²) < 4.78 is 1.09. The summed E-state index contributed by atoms with van der Waals surface area (Å²) in [5.41, 5.74) is 6.21. The van der Waals surface area contributed by atoms with Gasteiger partial charge in [-0.1, -0.05) is 13.3 Å². The molecule has 1 fully saturated rings. The van der Waals surface area contributed by atoms with Crippen LogP contribution in [0.1, 0.15) is 19.8 Å². The fraction of sp³-hybridized carbons (Fsp3) is 0.600. The number of hydrogen-bond donors (Lipinski definition) is 1. The van der Waals surface area contributed by atoms with Crippen molar-refractivity contribution < 1.29 is 0 Å². The molecule has 0 atom stereocenters. The molecule has 1 saturated heterocycles. The van der Waals surface area contributed by atoms with Crippen LogP contribution in [0.2, 0.25) is 0 Å². The summed E-state index contributed by atoms with van der Waals surface area (Å²) in [4.78, 5) is 10.5. The minimum atomic E-state index is 0.00276. The topological polar surface area (TPSA) is 55.0 Å². The smallest absolute Gasteiger partial charge is 0.145 e. The van der Waals surface area contributed by atoms with Gasteiger partial charge in [0, 0.05) is 19.3 Å². The standard InChI is InChI=1S/C10H15IN4/c1-2-3-10(12)5-15(6-10)9-8(11)4-13-7-14-9/h4,7H,2-3,5-6,12H2,1H3. The lowest BCUT2D eigenvalue weighted by molar-refractivity contribution is 0.305. The highest BCUT2D eigenvalue weighted by Crippen LogP contribution is 2.29. The van der Waals surface area contributed by atoms with Gasteiger partial charge in [0.2, 0.25) is 0 Å². The van der Waals surface area contributed by atoms with Crippen molar-refractivity contribution in [3.05, 3.63) is 16.1 Å². The zero-order valence-corrected chi connectivity index (χ0v) is 10.9. The summed E-state index contributed by atoms with van der Waals surface area (Å²) in [6.07, 6.45) is 5.66. The van der Waals surface area contributed by atoms with Crippen LogP contribution in [0.4, 0.5) is 5.82 Å². The molecule has 0 radical (unpaired) electrons. The molecule has 4 nitrogen and oxygen atoms in total. The van der Waals surface area contributed by atoms with Gasteiger partial charge in [-0.25, -0.2) is 9.97 Å². The second kappa shape index (κ2) is 4.21. The second-order valence-corrected chi connectivity index (χ2v) is 5.32. The Hall–Kier alpha value is -0.430. The van der Waals surface area contributed by atoms with Gasteiger partial charge in [0.1, 0.15) is 12.1 Å². The van der Waals surface area contributed by atoms with Crippen LogP contribution >= 0.6 is 22.6 Å². The monoisotopic (exact) mass is 318 g/mol. The van der Waals surface area contributed by atoms with Gasteiger partial charge in [-0.15, -0.1) is 0 Å². The summed E-state index contributed by atoms with van der Waals surface area (Å²) in [7, 11) is 0. The fourth-order valence-electron chi connectivity index (χ4n) is 2.06. The molecule has 1 aromatic heterocycles. The van der Waals surface area contributed by atoms with E-state index in [-0.39, 0.29) is 5.54 Å². The quantitative estimate of drug-likeness (QED) is 0.856. The Morgan fingerprint density at radius 2 is 2.33 bits per heavy atom. The first-order valence-electron chi connectivity index (χ1n) is 5.14. The Kier molecular flexibility index (Phi) is 3.11. The molecule has 82 valence electrons. The van der Waals surface area contributed by atoms with Gasteiger partial charge < -0.3 is 10.6 Å². The average molecular weight is 318 g/mol. The molecule has 2 heterocycles. The molecule has 0 aromatic carbocycles. The molecule has 15 heavy (non-hydrogen) atoms. The van der Waals surface area contributed by atoms with Crippen molar-refractivity contribution in [1.29, 1.82) is 0 Å². The number of anilines is 1. The van der Waals surface area contributed by atoms with Crippen molar-refractivity contribution >= 4 is 28.4 Å². The van der Waals surface area contributed by atoms with Crippen LogP contribution < -0.4 is 10.6 Å². The molecule has 0 spiro atoms. The zero-order valence-electron chi connectivity index (χ0n) is 8.78. The van der Waals surface area contributed by atoms with Gasteiger partial charge >= 0.3 is 0 Å². The molecule has 0 amide bonds. The third kappa shape index (κ3) is 2.23. The molecule has 1 aliphatic rings. The van der Waals surface area contributed by atoms with Crippen LogP contribution in [-0.4, -0.2) is 28.6 Å². The predicted octanol–water partition coefficient (Wildman–Crippen LogP) is 1.40. The molecule has 0 saturated carbocycles. The molecule has 2 rings (SSSR count). The second-order valence-electron chi connectivity index (χ2n) is 4.16. The van der Waals surface area contributed by atoms with Gasteiger partial charge in [0.05, 0.1) is 9.11 Å². The van der Waals surface area contributed by atoms with E-state index < -0.39 is 0 Å². The fourth-order valence-corrected chi connectivity index (χ4v) is 2.70. The highest BCUT2D eigenvalue weighted by Gasteiger charge is 2.39. The van der Waals surface area contributed by atoms with Crippen LogP contribution in [0.3, 0.4) is 0 Å². The van der Waals surface area contributed by atoms with Crippen LogP contribution in [0, 0.1) is 3.57 Å². The van der Waals surface area contributed by atoms with E-state index >= 15 is 0 Å². The van der Waals surface area contributed by atoms with E-state index in [2.05, 4.69) is 44.4 Å². The molecule has 0 aliphatic carbocycles. The molecule has 0 bridgehead atoms.